The Kier molecular flexibility index (Phi) is 7.27. The first kappa shape index (κ1) is 26.7. The van der Waals surface area contributed by atoms with Crippen molar-refractivity contribution >= 4 is 47.2 Å². The Morgan fingerprint density at radius 2 is 1.66 bits per heavy atom. The van der Waals surface area contributed by atoms with Gasteiger partial charge in [0.25, 0.3) is 0 Å². The Balaban J connectivity index is 1.42. The van der Waals surface area contributed by atoms with E-state index in [-0.39, 0.29) is 47.3 Å². The lowest BCUT2D eigenvalue weighted by molar-refractivity contribution is -0.141. The molecule has 2 aliphatic heterocycles. The summed E-state index contributed by atoms with van der Waals surface area (Å²) in [7, 11) is 0. The summed E-state index contributed by atoms with van der Waals surface area (Å²) in [5.74, 6) is -1.41. The van der Waals surface area contributed by atoms with E-state index in [1.165, 1.54) is 0 Å². The maximum atomic E-state index is 14.2. The molecular formula is C29H31Cl2N3O4. The molecule has 2 aromatic carbocycles. The topological polar surface area (TPSA) is 95.6 Å². The predicted octanol–water partition coefficient (Wildman–Crippen LogP) is 3.82. The van der Waals surface area contributed by atoms with Crippen LogP contribution in [0.4, 0.5) is 0 Å². The second kappa shape index (κ2) is 10.3. The molecular weight excluding hydrogens is 525 g/mol. The minimum atomic E-state index is -0.794. The molecule has 0 aromatic heterocycles. The highest BCUT2D eigenvalue weighted by atomic mass is 35.5. The number of rotatable bonds is 8. The number of hydrogen-bond acceptors (Lipinski definition) is 4. The third-order valence-corrected chi connectivity index (χ3v) is 9.11. The van der Waals surface area contributed by atoms with Crippen LogP contribution in [0.25, 0.3) is 0 Å². The van der Waals surface area contributed by atoms with E-state index < -0.39 is 18.0 Å². The van der Waals surface area contributed by atoms with Gasteiger partial charge in [0.15, 0.2) is 0 Å². The standard InChI is InChI=1S/C29H31Cl2N3O4/c1-29(2)22-14-34(25(24(22)29)27(37)33-21(15-35)13-18-11-12-32-26(18)36)28(38)23(16-3-7-19(30)8-4-16)17-5-9-20(31)10-6-17/h3-10,15,18,21-25H,11-14H2,1-2H3,(H,32,36)(H,33,37)/t18-,21-,22-,24-,25-/m0/s1. The number of nitrogens with one attached hydrogen (secondary N) is 2. The van der Waals surface area contributed by atoms with Gasteiger partial charge in [-0.25, -0.2) is 0 Å². The van der Waals surface area contributed by atoms with Crippen LogP contribution in [0.15, 0.2) is 48.5 Å². The minimum Gasteiger partial charge on any atom is -0.356 e. The average Bonchev–Trinajstić information content (AvgIpc) is 3.24. The molecule has 1 aliphatic carbocycles. The number of aldehydes is 1. The molecule has 0 spiro atoms. The smallest absolute Gasteiger partial charge is 0.243 e. The van der Waals surface area contributed by atoms with Crippen molar-refractivity contribution in [3.8, 4) is 0 Å². The molecule has 200 valence electrons. The second-order valence-corrected chi connectivity index (χ2v) is 12.1. The zero-order valence-corrected chi connectivity index (χ0v) is 22.8. The van der Waals surface area contributed by atoms with Crippen molar-refractivity contribution in [2.75, 3.05) is 13.1 Å². The number of fused-ring (bicyclic) bond motifs is 1. The molecule has 0 bridgehead atoms. The van der Waals surface area contributed by atoms with Gasteiger partial charge < -0.3 is 20.3 Å². The first-order chi connectivity index (χ1) is 18.1. The Morgan fingerprint density at radius 3 is 2.16 bits per heavy atom. The van der Waals surface area contributed by atoms with Crippen molar-refractivity contribution in [2.45, 2.75) is 44.7 Å². The van der Waals surface area contributed by atoms with Crippen molar-refractivity contribution < 1.29 is 19.2 Å². The quantitative estimate of drug-likeness (QED) is 0.484. The fourth-order valence-corrected chi connectivity index (χ4v) is 6.61. The lowest BCUT2D eigenvalue weighted by atomic mass is 9.88. The van der Waals surface area contributed by atoms with Gasteiger partial charge in [-0.1, -0.05) is 61.3 Å². The Morgan fingerprint density at radius 1 is 1.08 bits per heavy atom. The van der Waals surface area contributed by atoms with Crippen LogP contribution in [0, 0.1) is 23.2 Å². The molecule has 3 aliphatic rings. The van der Waals surface area contributed by atoms with Crippen LogP contribution in [0.1, 0.15) is 43.7 Å². The molecule has 9 heteroatoms. The fraction of sp³-hybridized carbons (Fsp3) is 0.448. The van der Waals surface area contributed by atoms with Crippen LogP contribution in [0.5, 0.6) is 0 Å². The predicted molar refractivity (Wildman–Crippen MR) is 145 cm³/mol. The highest BCUT2D eigenvalue weighted by Gasteiger charge is 2.69. The second-order valence-electron chi connectivity index (χ2n) is 11.2. The summed E-state index contributed by atoms with van der Waals surface area (Å²) in [6.07, 6.45) is 1.57. The number of amides is 3. The van der Waals surface area contributed by atoms with Crippen LogP contribution in [-0.4, -0.2) is 54.1 Å². The summed E-state index contributed by atoms with van der Waals surface area (Å²) < 4.78 is 0. The van der Waals surface area contributed by atoms with Gasteiger partial charge in [-0.3, -0.25) is 14.4 Å². The van der Waals surface area contributed by atoms with Gasteiger partial charge in [0.2, 0.25) is 17.7 Å². The summed E-state index contributed by atoms with van der Waals surface area (Å²) >= 11 is 12.2. The lowest BCUT2D eigenvalue weighted by Gasteiger charge is -2.34. The van der Waals surface area contributed by atoms with Crippen LogP contribution in [0.3, 0.4) is 0 Å². The SMILES string of the molecule is CC1(C)[C@@H]2[C@@H](C(=O)N[C@H](C=O)C[C@@H]3CCNC3=O)N(C(=O)C(c3ccc(Cl)cc3)c3ccc(Cl)cc3)C[C@@H]21. The highest BCUT2D eigenvalue weighted by Crippen LogP contribution is 2.65. The largest absolute Gasteiger partial charge is 0.356 e. The van der Waals surface area contributed by atoms with E-state index in [4.69, 9.17) is 23.2 Å². The van der Waals surface area contributed by atoms with Crippen molar-refractivity contribution in [2.24, 2.45) is 23.2 Å². The third kappa shape index (κ3) is 4.94. The van der Waals surface area contributed by atoms with E-state index >= 15 is 0 Å². The van der Waals surface area contributed by atoms with Gasteiger partial charge in [0, 0.05) is 29.1 Å². The monoisotopic (exact) mass is 555 g/mol. The van der Waals surface area contributed by atoms with E-state index in [2.05, 4.69) is 24.5 Å². The third-order valence-electron chi connectivity index (χ3n) is 8.61. The molecule has 3 fully saturated rings. The summed E-state index contributed by atoms with van der Waals surface area (Å²) in [5, 5.41) is 6.75. The molecule has 2 saturated heterocycles. The van der Waals surface area contributed by atoms with Gasteiger partial charge in [-0.05, 0) is 65.5 Å². The van der Waals surface area contributed by atoms with Crippen molar-refractivity contribution in [1.82, 2.24) is 15.5 Å². The Labute approximate surface area is 232 Å². The van der Waals surface area contributed by atoms with Gasteiger partial charge in [0.1, 0.15) is 12.3 Å². The molecule has 0 unspecified atom stereocenters. The average molecular weight is 556 g/mol. The molecule has 3 amide bonds. The number of carbonyl (C=O) groups is 4. The van der Waals surface area contributed by atoms with Crippen LogP contribution >= 0.6 is 23.2 Å². The summed E-state index contributed by atoms with van der Waals surface area (Å²) in [5.41, 5.74) is 1.44. The number of hydrogen-bond donors (Lipinski definition) is 2. The minimum absolute atomic E-state index is 0.00961. The molecule has 2 N–H and O–H groups in total. The number of likely N-dealkylation sites (tertiary alicyclic amines) is 1. The fourth-order valence-electron chi connectivity index (χ4n) is 6.36. The lowest BCUT2D eigenvalue weighted by Crippen LogP contribution is -2.53. The number of carbonyl (C=O) groups excluding carboxylic acids is 4. The highest BCUT2D eigenvalue weighted by molar-refractivity contribution is 6.30. The maximum absolute atomic E-state index is 14.2. The molecule has 2 heterocycles. The Bertz CT molecular complexity index is 1200. The van der Waals surface area contributed by atoms with Gasteiger partial charge in [0.05, 0.1) is 12.0 Å². The molecule has 0 radical (unpaired) electrons. The van der Waals surface area contributed by atoms with E-state index in [0.29, 0.717) is 35.8 Å². The van der Waals surface area contributed by atoms with Crippen molar-refractivity contribution in [3.63, 3.8) is 0 Å². The van der Waals surface area contributed by atoms with Gasteiger partial charge in [-0.15, -0.1) is 0 Å². The molecule has 5 rings (SSSR count). The number of nitrogens with zero attached hydrogens (tertiary/aromatic N) is 1. The van der Waals surface area contributed by atoms with Crippen molar-refractivity contribution in [1.29, 1.82) is 0 Å². The van der Waals surface area contributed by atoms with Crippen LogP contribution in [-0.2, 0) is 19.2 Å². The first-order valence-electron chi connectivity index (χ1n) is 13.0. The zero-order chi connectivity index (χ0) is 27.2. The van der Waals surface area contributed by atoms with E-state index in [1.54, 1.807) is 29.2 Å². The molecule has 38 heavy (non-hydrogen) atoms. The molecule has 2 aromatic rings. The number of benzene rings is 2. The number of halogens is 2. The van der Waals surface area contributed by atoms with E-state index in [9.17, 15) is 19.2 Å². The van der Waals surface area contributed by atoms with Gasteiger partial charge in [-0.2, -0.15) is 0 Å². The maximum Gasteiger partial charge on any atom is 0.243 e. The molecule has 7 nitrogen and oxygen atoms in total. The number of piperidine rings is 1. The first-order valence-corrected chi connectivity index (χ1v) is 13.7. The van der Waals surface area contributed by atoms with Crippen LogP contribution < -0.4 is 10.6 Å². The van der Waals surface area contributed by atoms with E-state index in [1.807, 2.05) is 24.3 Å². The normalized spacial score (nSPS) is 26.0. The van der Waals surface area contributed by atoms with E-state index in [0.717, 1.165) is 11.1 Å². The van der Waals surface area contributed by atoms with Crippen LogP contribution in [0.2, 0.25) is 10.0 Å². The van der Waals surface area contributed by atoms with Gasteiger partial charge >= 0.3 is 0 Å². The molecule has 1 saturated carbocycles. The van der Waals surface area contributed by atoms with Crippen molar-refractivity contribution in [3.05, 3.63) is 69.7 Å². The summed E-state index contributed by atoms with van der Waals surface area (Å²) in [6.45, 7) is 5.26. The summed E-state index contributed by atoms with van der Waals surface area (Å²) in [6, 6.07) is 12.8. The Hall–Kier alpha value is -2.90. The molecule has 5 atom stereocenters. The summed E-state index contributed by atoms with van der Waals surface area (Å²) in [4.78, 5) is 53.5. The zero-order valence-electron chi connectivity index (χ0n) is 21.3.